The fourth-order valence-electron chi connectivity index (χ4n) is 1.89. The van der Waals surface area contributed by atoms with E-state index in [2.05, 4.69) is 33.9 Å². The second-order valence-corrected chi connectivity index (χ2v) is 5.37. The number of furan rings is 1. The Labute approximate surface area is 116 Å². The average molecular weight is 309 g/mol. The van der Waals surface area contributed by atoms with Crippen molar-refractivity contribution in [3.05, 3.63) is 45.8 Å². The second-order valence-electron chi connectivity index (χ2n) is 4.52. The van der Waals surface area contributed by atoms with E-state index in [9.17, 15) is 0 Å². The molecule has 2 N–H and O–H groups in total. The quantitative estimate of drug-likeness (QED) is 0.875. The van der Waals surface area contributed by atoms with Crippen LogP contribution in [0.2, 0.25) is 0 Å². The van der Waals surface area contributed by atoms with Crippen LogP contribution in [-0.2, 0) is 6.54 Å². The molecule has 1 heterocycles. The number of nitrogens with two attached hydrogens (primary N) is 1. The SMILES string of the molecule is Cc1cc(N(C)Cc2ccoc2C)c(Br)cc1N. The lowest BCUT2D eigenvalue weighted by Crippen LogP contribution is -2.17. The van der Waals surface area contributed by atoms with E-state index in [1.165, 1.54) is 5.56 Å². The van der Waals surface area contributed by atoms with E-state index in [0.29, 0.717) is 0 Å². The largest absolute Gasteiger partial charge is 0.469 e. The maximum Gasteiger partial charge on any atom is 0.105 e. The summed E-state index contributed by atoms with van der Waals surface area (Å²) in [6.07, 6.45) is 1.72. The van der Waals surface area contributed by atoms with E-state index in [0.717, 1.165) is 33.7 Å². The summed E-state index contributed by atoms with van der Waals surface area (Å²) in [5, 5.41) is 0. The third kappa shape index (κ3) is 2.53. The van der Waals surface area contributed by atoms with Crippen molar-refractivity contribution >= 4 is 27.3 Å². The summed E-state index contributed by atoms with van der Waals surface area (Å²) in [4.78, 5) is 2.17. The average Bonchev–Trinajstić information content (AvgIpc) is 2.69. The maximum absolute atomic E-state index is 5.89. The van der Waals surface area contributed by atoms with Gasteiger partial charge in [0.15, 0.2) is 0 Å². The van der Waals surface area contributed by atoms with Crippen LogP contribution < -0.4 is 10.6 Å². The van der Waals surface area contributed by atoms with Gasteiger partial charge in [0.2, 0.25) is 0 Å². The molecule has 0 radical (unpaired) electrons. The van der Waals surface area contributed by atoms with E-state index >= 15 is 0 Å². The molecule has 2 rings (SSSR count). The molecular weight excluding hydrogens is 292 g/mol. The molecule has 0 aliphatic heterocycles. The van der Waals surface area contributed by atoms with Crippen molar-refractivity contribution in [2.45, 2.75) is 20.4 Å². The third-order valence-electron chi connectivity index (χ3n) is 3.12. The van der Waals surface area contributed by atoms with Crippen molar-refractivity contribution in [1.82, 2.24) is 0 Å². The first kappa shape index (κ1) is 13.0. The van der Waals surface area contributed by atoms with Gasteiger partial charge in [0.05, 0.1) is 12.0 Å². The first-order chi connectivity index (χ1) is 8.49. The van der Waals surface area contributed by atoms with Crippen molar-refractivity contribution in [3.63, 3.8) is 0 Å². The Bertz CT molecular complexity index is 563. The van der Waals surface area contributed by atoms with Crippen LogP contribution in [0.25, 0.3) is 0 Å². The Morgan fingerprint density at radius 1 is 1.33 bits per heavy atom. The van der Waals surface area contributed by atoms with Crippen LogP contribution >= 0.6 is 15.9 Å². The zero-order valence-corrected chi connectivity index (χ0v) is 12.4. The molecular formula is C14H17BrN2O. The van der Waals surface area contributed by atoms with Gasteiger partial charge in [0, 0.05) is 29.3 Å². The summed E-state index contributed by atoms with van der Waals surface area (Å²) in [7, 11) is 2.06. The number of nitrogens with zero attached hydrogens (tertiary/aromatic N) is 1. The van der Waals surface area contributed by atoms with Crippen LogP contribution in [0.4, 0.5) is 11.4 Å². The van der Waals surface area contributed by atoms with Gasteiger partial charge in [-0.1, -0.05) is 0 Å². The molecule has 1 aromatic carbocycles. The molecule has 4 heteroatoms. The summed E-state index contributed by atoms with van der Waals surface area (Å²) in [6, 6.07) is 6.04. The van der Waals surface area contributed by atoms with Crippen LogP contribution in [0.3, 0.4) is 0 Å². The molecule has 0 unspecified atom stereocenters. The van der Waals surface area contributed by atoms with Gasteiger partial charge in [-0.15, -0.1) is 0 Å². The smallest absolute Gasteiger partial charge is 0.105 e. The van der Waals surface area contributed by atoms with Crippen molar-refractivity contribution < 1.29 is 4.42 Å². The topological polar surface area (TPSA) is 42.4 Å². The summed E-state index contributed by atoms with van der Waals surface area (Å²) >= 11 is 3.56. The van der Waals surface area contributed by atoms with Gasteiger partial charge in [-0.05, 0) is 53.5 Å². The first-order valence-electron chi connectivity index (χ1n) is 5.78. The van der Waals surface area contributed by atoms with Gasteiger partial charge < -0.3 is 15.1 Å². The lowest BCUT2D eigenvalue weighted by atomic mass is 10.1. The summed E-state index contributed by atoms with van der Waals surface area (Å²) in [5.41, 5.74) is 10.1. The highest BCUT2D eigenvalue weighted by Gasteiger charge is 2.11. The normalized spacial score (nSPS) is 10.7. The van der Waals surface area contributed by atoms with E-state index in [-0.39, 0.29) is 0 Å². The van der Waals surface area contributed by atoms with Gasteiger partial charge in [-0.25, -0.2) is 0 Å². The fourth-order valence-corrected chi connectivity index (χ4v) is 2.55. The number of nitrogen functional groups attached to an aromatic ring is 1. The molecule has 0 spiro atoms. The molecule has 0 saturated carbocycles. The number of hydrogen-bond donors (Lipinski definition) is 1. The second kappa shape index (κ2) is 5.06. The Morgan fingerprint density at radius 3 is 2.67 bits per heavy atom. The molecule has 0 aliphatic carbocycles. The number of hydrogen-bond acceptors (Lipinski definition) is 3. The zero-order valence-electron chi connectivity index (χ0n) is 10.8. The Balaban J connectivity index is 2.26. The highest BCUT2D eigenvalue weighted by molar-refractivity contribution is 9.10. The van der Waals surface area contributed by atoms with Crippen LogP contribution in [0.15, 0.2) is 33.4 Å². The molecule has 0 atom stereocenters. The number of rotatable bonds is 3. The van der Waals surface area contributed by atoms with Crippen LogP contribution in [-0.4, -0.2) is 7.05 Å². The van der Waals surface area contributed by atoms with E-state index < -0.39 is 0 Å². The van der Waals surface area contributed by atoms with Crippen LogP contribution in [0.1, 0.15) is 16.9 Å². The molecule has 0 aliphatic rings. The predicted molar refractivity (Wildman–Crippen MR) is 78.8 cm³/mol. The Kier molecular flexibility index (Phi) is 3.66. The van der Waals surface area contributed by atoms with Crippen molar-refractivity contribution in [2.75, 3.05) is 17.7 Å². The van der Waals surface area contributed by atoms with E-state index in [1.807, 2.05) is 26.0 Å². The van der Waals surface area contributed by atoms with E-state index in [4.69, 9.17) is 10.2 Å². The molecule has 0 bridgehead atoms. The molecule has 0 saturated heterocycles. The van der Waals surface area contributed by atoms with Crippen molar-refractivity contribution in [1.29, 1.82) is 0 Å². The first-order valence-corrected chi connectivity index (χ1v) is 6.58. The third-order valence-corrected chi connectivity index (χ3v) is 3.76. The minimum Gasteiger partial charge on any atom is -0.469 e. The molecule has 0 fully saturated rings. The molecule has 1 aromatic heterocycles. The van der Waals surface area contributed by atoms with Gasteiger partial charge in [0.1, 0.15) is 5.76 Å². The minimum absolute atomic E-state index is 0.804. The summed E-state index contributed by atoms with van der Waals surface area (Å²) in [5.74, 6) is 0.963. The Morgan fingerprint density at radius 2 is 2.06 bits per heavy atom. The molecule has 3 nitrogen and oxygen atoms in total. The molecule has 18 heavy (non-hydrogen) atoms. The fraction of sp³-hybridized carbons (Fsp3) is 0.286. The van der Waals surface area contributed by atoms with Crippen molar-refractivity contribution in [2.24, 2.45) is 0 Å². The van der Waals surface area contributed by atoms with Crippen molar-refractivity contribution in [3.8, 4) is 0 Å². The van der Waals surface area contributed by atoms with Gasteiger partial charge in [-0.2, -0.15) is 0 Å². The van der Waals surface area contributed by atoms with Crippen LogP contribution in [0.5, 0.6) is 0 Å². The number of aryl methyl sites for hydroxylation is 2. The zero-order chi connectivity index (χ0) is 13.3. The Hall–Kier alpha value is -1.42. The number of halogens is 1. The lowest BCUT2D eigenvalue weighted by molar-refractivity contribution is 0.529. The van der Waals surface area contributed by atoms with E-state index in [1.54, 1.807) is 6.26 Å². The number of anilines is 2. The monoisotopic (exact) mass is 308 g/mol. The molecule has 96 valence electrons. The summed E-state index contributed by atoms with van der Waals surface area (Å²) < 4.78 is 6.32. The highest BCUT2D eigenvalue weighted by Crippen LogP contribution is 2.31. The number of benzene rings is 1. The standard InChI is InChI=1S/C14H17BrN2O/c1-9-6-14(12(15)7-13(9)16)17(3)8-11-4-5-18-10(11)2/h4-7H,8,16H2,1-3H3. The van der Waals surface area contributed by atoms with Crippen LogP contribution in [0, 0.1) is 13.8 Å². The van der Waals surface area contributed by atoms with Gasteiger partial charge in [0.25, 0.3) is 0 Å². The van der Waals surface area contributed by atoms with Gasteiger partial charge in [-0.3, -0.25) is 0 Å². The summed E-state index contributed by atoms with van der Waals surface area (Å²) in [6.45, 7) is 4.80. The van der Waals surface area contributed by atoms with Gasteiger partial charge >= 0.3 is 0 Å². The lowest BCUT2D eigenvalue weighted by Gasteiger charge is -2.21. The molecule has 0 amide bonds. The minimum atomic E-state index is 0.804. The highest BCUT2D eigenvalue weighted by atomic mass is 79.9. The maximum atomic E-state index is 5.89. The molecule has 2 aromatic rings. The predicted octanol–water partition coefficient (Wildman–Crippen LogP) is 3.88.